The van der Waals surface area contributed by atoms with Gasteiger partial charge in [-0.05, 0) is 31.0 Å². The van der Waals surface area contributed by atoms with E-state index in [2.05, 4.69) is 5.32 Å². The van der Waals surface area contributed by atoms with Gasteiger partial charge < -0.3 is 10.1 Å². The van der Waals surface area contributed by atoms with Crippen molar-refractivity contribution in [3.63, 3.8) is 0 Å². The Labute approximate surface area is 107 Å². The Balaban J connectivity index is 2.33. The van der Waals surface area contributed by atoms with E-state index in [0.717, 1.165) is 5.56 Å². The largest absolute Gasteiger partial charge is 0.383 e. The van der Waals surface area contributed by atoms with Crippen LogP contribution in [0.5, 0.6) is 0 Å². The number of hydrogen-bond donors (Lipinski definition) is 1. The van der Waals surface area contributed by atoms with Crippen molar-refractivity contribution in [2.45, 2.75) is 25.8 Å². The van der Waals surface area contributed by atoms with Gasteiger partial charge >= 0.3 is 0 Å². The van der Waals surface area contributed by atoms with Crippen molar-refractivity contribution in [3.05, 3.63) is 34.9 Å². The summed E-state index contributed by atoms with van der Waals surface area (Å²) in [5.74, 6) is 0.0366. The van der Waals surface area contributed by atoms with E-state index in [1.54, 1.807) is 7.11 Å². The minimum Gasteiger partial charge on any atom is -0.383 e. The lowest BCUT2D eigenvalue weighted by molar-refractivity contribution is -0.122. The molecule has 1 amide bonds. The van der Waals surface area contributed by atoms with Gasteiger partial charge in [-0.25, -0.2) is 0 Å². The van der Waals surface area contributed by atoms with E-state index in [0.29, 0.717) is 24.5 Å². The molecule has 0 bridgehead atoms. The van der Waals surface area contributed by atoms with Crippen LogP contribution < -0.4 is 5.32 Å². The van der Waals surface area contributed by atoms with Gasteiger partial charge in [0.2, 0.25) is 5.91 Å². The Morgan fingerprint density at radius 3 is 2.94 bits per heavy atom. The van der Waals surface area contributed by atoms with Crippen molar-refractivity contribution in [1.82, 2.24) is 5.32 Å². The van der Waals surface area contributed by atoms with Crippen molar-refractivity contribution in [2.24, 2.45) is 0 Å². The number of amides is 1. The fourth-order valence-corrected chi connectivity index (χ4v) is 1.80. The predicted octanol–water partition coefficient (Wildman–Crippen LogP) is 2.42. The summed E-state index contributed by atoms with van der Waals surface area (Å²) in [6.45, 7) is 2.45. The average molecular weight is 256 g/mol. The van der Waals surface area contributed by atoms with Gasteiger partial charge in [0, 0.05) is 24.6 Å². The molecule has 0 saturated heterocycles. The van der Waals surface area contributed by atoms with Crippen LogP contribution in [-0.4, -0.2) is 25.7 Å². The number of hydrogen-bond acceptors (Lipinski definition) is 2. The van der Waals surface area contributed by atoms with E-state index in [1.807, 2.05) is 31.2 Å². The second kappa shape index (κ2) is 7.30. The van der Waals surface area contributed by atoms with Crippen LogP contribution in [0.3, 0.4) is 0 Å². The fourth-order valence-electron chi connectivity index (χ4n) is 1.59. The van der Waals surface area contributed by atoms with Crippen LogP contribution in [0.4, 0.5) is 0 Å². The van der Waals surface area contributed by atoms with Crippen molar-refractivity contribution >= 4 is 17.5 Å². The number of ether oxygens (including phenoxy) is 1. The first-order valence-electron chi connectivity index (χ1n) is 5.64. The van der Waals surface area contributed by atoms with E-state index < -0.39 is 0 Å². The van der Waals surface area contributed by atoms with Gasteiger partial charge in [-0.2, -0.15) is 0 Å². The fraction of sp³-hybridized carbons (Fsp3) is 0.462. The molecule has 0 spiro atoms. The number of nitrogens with one attached hydrogen (secondary N) is 1. The molecule has 1 N–H and O–H groups in total. The molecule has 94 valence electrons. The van der Waals surface area contributed by atoms with Gasteiger partial charge in [0.05, 0.1) is 6.61 Å². The number of carbonyl (C=O) groups is 1. The first-order chi connectivity index (χ1) is 8.11. The summed E-state index contributed by atoms with van der Waals surface area (Å²) in [5.41, 5.74) is 1.08. The zero-order valence-electron chi connectivity index (χ0n) is 10.2. The second-order valence-electron chi connectivity index (χ2n) is 4.05. The van der Waals surface area contributed by atoms with Crippen LogP contribution in [-0.2, 0) is 16.0 Å². The summed E-state index contributed by atoms with van der Waals surface area (Å²) < 4.78 is 4.95. The van der Waals surface area contributed by atoms with Gasteiger partial charge in [0.25, 0.3) is 0 Å². The molecule has 1 aromatic carbocycles. The number of aryl methyl sites for hydroxylation is 1. The lowest BCUT2D eigenvalue weighted by Gasteiger charge is -2.12. The standard InChI is InChI=1S/C13H18ClNO2/c1-10(9-17-2)15-13(16)7-6-11-4-3-5-12(14)8-11/h3-5,8,10H,6-7,9H2,1-2H3,(H,15,16). The molecule has 0 radical (unpaired) electrons. The maximum absolute atomic E-state index is 11.6. The minimum absolute atomic E-state index is 0.0366. The Morgan fingerprint density at radius 1 is 1.53 bits per heavy atom. The number of rotatable bonds is 6. The summed E-state index contributed by atoms with van der Waals surface area (Å²) in [6, 6.07) is 7.62. The monoisotopic (exact) mass is 255 g/mol. The van der Waals surface area contributed by atoms with Crippen LogP contribution >= 0.6 is 11.6 Å². The van der Waals surface area contributed by atoms with Crippen molar-refractivity contribution in [2.75, 3.05) is 13.7 Å². The third kappa shape index (κ3) is 5.71. The molecule has 1 rings (SSSR count). The van der Waals surface area contributed by atoms with Crippen LogP contribution in [0.15, 0.2) is 24.3 Å². The van der Waals surface area contributed by atoms with E-state index in [9.17, 15) is 4.79 Å². The second-order valence-corrected chi connectivity index (χ2v) is 4.49. The van der Waals surface area contributed by atoms with Gasteiger partial charge in [-0.1, -0.05) is 23.7 Å². The summed E-state index contributed by atoms with van der Waals surface area (Å²) in [5, 5.41) is 3.57. The summed E-state index contributed by atoms with van der Waals surface area (Å²) in [4.78, 5) is 11.6. The molecule has 17 heavy (non-hydrogen) atoms. The first kappa shape index (κ1) is 14.0. The zero-order chi connectivity index (χ0) is 12.7. The van der Waals surface area contributed by atoms with Crippen LogP contribution in [0, 0.1) is 0 Å². The van der Waals surface area contributed by atoms with Crippen LogP contribution in [0.1, 0.15) is 18.9 Å². The zero-order valence-corrected chi connectivity index (χ0v) is 11.0. The number of methoxy groups -OCH3 is 1. The van der Waals surface area contributed by atoms with E-state index in [1.165, 1.54) is 0 Å². The highest BCUT2D eigenvalue weighted by atomic mass is 35.5. The summed E-state index contributed by atoms with van der Waals surface area (Å²) in [7, 11) is 1.62. The third-order valence-electron chi connectivity index (χ3n) is 2.35. The van der Waals surface area contributed by atoms with Gasteiger partial charge in [0.15, 0.2) is 0 Å². The minimum atomic E-state index is 0.0366. The topological polar surface area (TPSA) is 38.3 Å². The molecule has 1 atom stereocenters. The Bertz CT molecular complexity index is 368. The SMILES string of the molecule is COCC(C)NC(=O)CCc1cccc(Cl)c1. The third-order valence-corrected chi connectivity index (χ3v) is 2.59. The van der Waals surface area contributed by atoms with Crippen LogP contribution in [0.2, 0.25) is 5.02 Å². The molecule has 3 nitrogen and oxygen atoms in total. The van der Waals surface area contributed by atoms with Crippen molar-refractivity contribution in [1.29, 1.82) is 0 Å². The molecular weight excluding hydrogens is 238 g/mol. The summed E-state index contributed by atoms with van der Waals surface area (Å²) in [6.07, 6.45) is 1.17. The normalized spacial score (nSPS) is 12.2. The van der Waals surface area contributed by atoms with Crippen molar-refractivity contribution < 1.29 is 9.53 Å². The number of benzene rings is 1. The Kier molecular flexibility index (Phi) is 6.01. The molecule has 0 saturated carbocycles. The highest BCUT2D eigenvalue weighted by Gasteiger charge is 2.07. The maximum atomic E-state index is 11.6. The van der Waals surface area contributed by atoms with Gasteiger partial charge in [-0.3, -0.25) is 4.79 Å². The lowest BCUT2D eigenvalue weighted by Crippen LogP contribution is -2.35. The average Bonchev–Trinajstić information content (AvgIpc) is 2.27. The Morgan fingerprint density at radius 2 is 2.29 bits per heavy atom. The molecular formula is C13H18ClNO2. The van der Waals surface area contributed by atoms with Gasteiger partial charge in [-0.15, -0.1) is 0 Å². The molecule has 0 aliphatic carbocycles. The molecule has 4 heteroatoms. The number of halogens is 1. The molecule has 0 aliphatic heterocycles. The quantitative estimate of drug-likeness (QED) is 0.848. The molecule has 1 unspecified atom stereocenters. The highest BCUT2D eigenvalue weighted by molar-refractivity contribution is 6.30. The smallest absolute Gasteiger partial charge is 0.220 e. The molecule has 0 heterocycles. The van der Waals surface area contributed by atoms with Gasteiger partial charge in [0.1, 0.15) is 0 Å². The van der Waals surface area contributed by atoms with E-state index in [4.69, 9.17) is 16.3 Å². The summed E-state index contributed by atoms with van der Waals surface area (Å²) >= 11 is 5.87. The number of carbonyl (C=O) groups excluding carboxylic acids is 1. The first-order valence-corrected chi connectivity index (χ1v) is 6.02. The Hall–Kier alpha value is -1.06. The van der Waals surface area contributed by atoms with E-state index >= 15 is 0 Å². The molecule has 0 fully saturated rings. The highest BCUT2D eigenvalue weighted by Crippen LogP contribution is 2.12. The maximum Gasteiger partial charge on any atom is 0.220 e. The van der Waals surface area contributed by atoms with Crippen LogP contribution in [0.25, 0.3) is 0 Å². The van der Waals surface area contributed by atoms with E-state index in [-0.39, 0.29) is 11.9 Å². The predicted molar refractivity (Wildman–Crippen MR) is 69.3 cm³/mol. The van der Waals surface area contributed by atoms with Crippen molar-refractivity contribution in [3.8, 4) is 0 Å². The molecule has 0 aromatic heterocycles. The molecule has 1 aromatic rings. The molecule has 0 aliphatic rings. The lowest BCUT2D eigenvalue weighted by atomic mass is 10.1.